The zero-order chi connectivity index (χ0) is 24.2. The zero-order valence-electron chi connectivity index (χ0n) is 19.1. The summed E-state index contributed by atoms with van der Waals surface area (Å²) in [5.41, 5.74) is 4.51. The molecule has 34 heavy (non-hydrogen) atoms. The van der Waals surface area contributed by atoms with Crippen LogP contribution in [0.1, 0.15) is 43.2 Å². The van der Waals surface area contributed by atoms with Crippen LogP contribution in [0.15, 0.2) is 48.5 Å². The number of likely N-dealkylation sites (tertiary alicyclic amines) is 1. The van der Waals surface area contributed by atoms with Crippen LogP contribution in [0, 0.1) is 5.92 Å². The Morgan fingerprint density at radius 2 is 1.71 bits per heavy atom. The Hall–Kier alpha value is -3.39. The quantitative estimate of drug-likeness (QED) is 0.578. The van der Waals surface area contributed by atoms with E-state index in [-0.39, 0.29) is 37.4 Å². The van der Waals surface area contributed by atoms with Gasteiger partial charge < -0.3 is 25.2 Å². The number of hydrogen-bond acceptors (Lipinski definition) is 5. The number of amides is 2. The molecule has 1 fully saturated rings. The third-order valence-corrected chi connectivity index (χ3v) is 6.78. The van der Waals surface area contributed by atoms with Gasteiger partial charge in [0.15, 0.2) is 0 Å². The molecule has 0 bridgehead atoms. The topological polar surface area (TPSA) is 116 Å². The van der Waals surface area contributed by atoms with E-state index in [1.807, 2.05) is 43.3 Å². The van der Waals surface area contributed by atoms with E-state index in [0.717, 1.165) is 22.3 Å². The number of rotatable bonds is 7. The van der Waals surface area contributed by atoms with E-state index in [4.69, 9.17) is 9.84 Å². The number of carboxylic acid groups (broad SMARTS) is 1. The summed E-state index contributed by atoms with van der Waals surface area (Å²) >= 11 is 0. The lowest BCUT2D eigenvalue weighted by molar-refractivity contribution is -0.148. The number of carboxylic acids is 1. The lowest BCUT2D eigenvalue weighted by Gasteiger charge is -2.36. The molecule has 180 valence electrons. The van der Waals surface area contributed by atoms with E-state index < -0.39 is 24.1 Å². The predicted molar refractivity (Wildman–Crippen MR) is 125 cm³/mol. The van der Waals surface area contributed by atoms with Crippen LogP contribution in [0.5, 0.6) is 0 Å². The third-order valence-electron chi connectivity index (χ3n) is 6.78. The summed E-state index contributed by atoms with van der Waals surface area (Å²) in [7, 11) is 0. The number of piperidine rings is 1. The number of carbonyl (C=O) groups is 3. The Morgan fingerprint density at radius 3 is 2.29 bits per heavy atom. The Balaban J connectivity index is 1.24. The molecule has 4 rings (SSSR count). The zero-order valence-corrected chi connectivity index (χ0v) is 19.1. The molecule has 0 aromatic heterocycles. The summed E-state index contributed by atoms with van der Waals surface area (Å²) in [4.78, 5) is 37.6. The summed E-state index contributed by atoms with van der Waals surface area (Å²) in [6, 6.07) is 15.9. The van der Waals surface area contributed by atoms with Crippen LogP contribution in [0.2, 0.25) is 0 Å². The second-order valence-corrected chi connectivity index (χ2v) is 9.06. The van der Waals surface area contributed by atoms with Crippen LogP contribution in [0.4, 0.5) is 4.79 Å². The number of benzene rings is 2. The fraction of sp³-hybridized carbons (Fsp3) is 0.423. The van der Waals surface area contributed by atoms with Gasteiger partial charge in [0.1, 0.15) is 6.61 Å². The van der Waals surface area contributed by atoms with Crippen LogP contribution in [-0.4, -0.2) is 64.9 Å². The van der Waals surface area contributed by atoms with E-state index in [9.17, 15) is 19.5 Å². The predicted octanol–water partition coefficient (Wildman–Crippen LogP) is 2.99. The smallest absolute Gasteiger partial charge is 0.407 e. The molecular weight excluding hydrogens is 436 g/mol. The fourth-order valence-electron chi connectivity index (χ4n) is 5.01. The molecule has 2 aromatic rings. The van der Waals surface area contributed by atoms with E-state index in [1.54, 1.807) is 4.90 Å². The summed E-state index contributed by atoms with van der Waals surface area (Å²) in [5.74, 6) is -1.59. The number of aliphatic carboxylic acids is 1. The van der Waals surface area contributed by atoms with Crippen molar-refractivity contribution in [2.45, 2.75) is 44.2 Å². The molecule has 1 aliphatic heterocycles. The summed E-state index contributed by atoms with van der Waals surface area (Å²) in [6.45, 7) is 2.23. The minimum atomic E-state index is -1.06. The summed E-state index contributed by atoms with van der Waals surface area (Å²) in [6.07, 6.45) is -1.05. The first kappa shape index (κ1) is 23.8. The van der Waals surface area contributed by atoms with Gasteiger partial charge in [-0.15, -0.1) is 0 Å². The van der Waals surface area contributed by atoms with E-state index in [2.05, 4.69) is 17.4 Å². The minimum absolute atomic E-state index is 0.0557. The Labute approximate surface area is 198 Å². The number of alkyl carbamates (subject to hydrolysis) is 1. The molecular formula is C26H30N2O6. The van der Waals surface area contributed by atoms with E-state index in [0.29, 0.717) is 19.4 Å². The molecule has 2 aromatic carbocycles. The van der Waals surface area contributed by atoms with Gasteiger partial charge in [-0.3, -0.25) is 9.59 Å². The lowest BCUT2D eigenvalue weighted by atomic mass is 9.91. The third kappa shape index (κ3) is 5.07. The van der Waals surface area contributed by atoms with Gasteiger partial charge in [-0.2, -0.15) is 0 Å². The van der Waals surface area contributed by atoms with Crippen LogP contribution in [0.3, 0.4) is 0 Å². The lowest BCUT2D eigenvalue weighted by Crippen LogP contribution is -2.47. The van der Waals surface area contributed by atoms with Crippen LogP contribution in [-0.2, 0) is 14.3 Å². The maximum atomic E-state index is 12.5. The van der Waals surface area contributed by atoms with Gasteiger partial charge in [0.2, 0.25) is 5.91 Å². The van der Waals surface area contributed by atoms with E-state index >= 15 is 0 Å². The first-order valence-electron chi connectivity index (χ1n) is 11.6. The molecule has 1 saturated heterocycles. The first-order valence-corrected chi connectivity index (χ1v) is 11.6. The summed E-state index contributed by atoms with van der Waals surface area (Å²) in [5, 5.41) is 22.0. The SMILES string of the molecule is CC1CC(C(=O)O)CCN1C(=O)CC(O)CNC(=O)OCC1c2ccccc2-c2ccccc21. The second-order valence-electron chi connectivity index (χ2n) is 9.06. The average Bonchev–Trinajstić information content (AvgIpc) is 3.15. The monoisotopic (exact) mass is 466 g/mol. The van der Waals surface area contributed by atoms with Crippen molar-refractivity contribution >= 4 is 18.0 Å². The minimum Gasteiger partial charge on any atom is -0.481 e. The van der Waals surface area contributed by atoms with Crippen molar-refractivity contribution in [1.82, 2.24) is 10.2 Å². The maximum Gasteiger partial charge on any atom is 0.407 e. The molecule has 2 aliphatic rings. The van der Waals surface area contributed by atoms with Crippen molar-refractivity contribution in [3.8, 4) is 11.1 Å². The maximum absolute atomic E-state index is 12.5. The molecule has 0 spiro atoms. The molecule has 8 heteroatoms. The second kappa shape index (κ2) is 10.3. The molecule has 3 unspecified atom stereocenters. The Morgan fingerprint density at radius 1 is 1.09 bits per heavy atom. The van der Waals surface area contributed by atoms with Gasteiger partial charge in [-0.05, 0) is 42.0 Å². The molecule has 0 radical (unpaired) electrons. The van der Waals surface area contributed by atoms with E-state index in [1.165, 1.54) is 0 Å². The van der Waals surface area contributed by atoms with Gasteiger partial charge >= 0.3 is 12.1 Å². The number of nitrogens with zero attached hydrogens (tertiary/aromatic N) is 1. The van der Waals surface area contributed by atoms with Crippen molar-refractivity contribution in [3.63, 3.8) is 0 Å². The van der Waals surface area contributed by atoms with Crippen LogP contribution >= 0.6 is 0 Å². The highest BCUT2D eigenvalue weighted by atomic mass is 16.5. The largest absolute Gasteiger partial charge is 0.481 e. The number of aliphatic hydroxyl groups is 1. The van der Waals surface area contributed by atoms with Crippen LogP contribution < -0.4 is 5.32 Å². The molecule has 1 aliphatic carbocycles. The number of fused-ring (bicyclic) bond motifs is 3. The van der Waals surface area contributed by atoms with Crippen molar-refractivity contribution in [1.29, 1.82) is 0 Å². The van der Waals surface area contributed by atoms with Gasteiger partial charge in [0.25, 0.3) is 0 Å². The average molecular weight is 467 g/mol. The van der Waals surface area contributed by atoms with Gasteiger partial charge in [-0.1, -0.05) is 48.5 Å². The fourth-order valence-corrected chi connectivity index (χ4v) is 5.01. The number of aliphatic hydroxyl groups excluding tert-OH is 1. The summed E-state index contributed by atoms with van der Waals surface area (Å²) < 4.78 is 5.45. The highest BCUT2D eigenvalue weighted by Crippen LogP contribution is 2.44. The molecule has 2 amide bonds. The van der Waals surface area contributed by atoms with Crippen molar-refractivity contribution < 1.29 is 29.3 Å². The Kier molecular flexibility index (Phi) is 7.17. The molecule has 3 N–H and O–H groups in total. The highest BCUT2D eigenvalue weighted by Gasteiger charge is 2.33. The first-order chi connectivity index (χ1) is 16.3. The molecule has 1 heterocycles. The van der Waals surface area contributed by atoms with Crippen molar-refractivity contribution in [2.75, 3.05) is 19.7 Å². The van der Waals surface area contributed by atoms with Gasteiger partial charge in [-0.25, -0.2) is 4.79 Å². The Bertz CT molecular complexity index is 1030. The highest BCUT2D eigenvalue weighted by molar-refractivity contribution is 5.79. The number of nitrogens with one attached hydrogen (secondary N) is 1. The normalized spacial score (nSPS) is 20.2. The molecule has 8 nitrogen and oxygen atoms in total. The van der Waals surface area contributed by atoms with Gasteiger partial charge in [0, 0.05) is 25.0 Å². The van der Waals surface area contributed by atoms with Crippen molar-refractivity contribution in [3.05, 3.63) is 59.7 Å². The number of hydrogen-bond donors (Lipinski definition) is 3. The van der Waals surface area contributed by atoms with Crippen LogP contribution in [0.25, 0.3) is 11.1 Å². The van der Waals surface area contributed by atoms with Gasteiger partial charge in [0.05, 0.1) is 18.4 Å². The molecule has 3 atom stereocenters. The molecule has 0 saturated carbocycles. The number of carbonyl (C=O) groups excluding carboxylic acids is 2. The number of ether oxygens (including phenoxy) is 1. The standard InChI is InChI=1S/C26H30N2O6/c1-16-12-17(25(31)32)10-11-28(16)24(30)13-18(29)14-27-26(33)34-15-23-21-8-4-2-6-19(21)20-7-3-5-9-22(20)23/h2-9,16-18,23,29H,10-15H2,1H3,(H,27,33)(H,31,32). The van der Waals surface area contributed by atoms with Crippen molar-refractivity contribution in [2.24, 2.45) is 5.92 Å².